The molecule has 2 heteroatoms. The predicted molar refractivity (Wildman–Crippen MR) is 55.4 cm³/mol. The molecule has 0 saturated heterocycles. The second-order valence-electron chi connectivity index (χ2n) is 2.89. The molecular weight excluding hydrogens is 202 g/mol. The lowest BCUT2D eigenvalue weighted by Crippen LogP contribution is -2.29. The molecule has 1 N–H and O–H groups in total. The van der Waals surface area contributed by atoms with E-state index < -0.39 is 0 Å². The Hall–Kier alpha value is 0.440. The van der Waals surface area contributed by atoms with Crippen LogP contribution in [0.2, 0.25) is 0 Å². The highest BCUT2D eigenvalue weighted by molar-refractivity contribution is 9.09. The van der Waals surface area contributed by atoms with Crippen molar-refractivity contribution in [1.82, 2.24) is 5.32 Å². The highest BCUT2D eigenvalue weighted by Gasteiger charge is 2.01. The number of halogens is 1. The minimum Gasteiger partial charge on any atom is -0.314 e. The van der Waals surface area contributed by atoms with Crippen LogP contribution in [0.4, 0.5) is 0 Å². The molecule has 0 aliphatic carbocycles. The molecular formula is C9H20BrN. The summed E-state index contributed by atoms with van der Waals surface area (Å²) in [6, 6.07) is 0.723. The molecule has 0 aliphatic heterocycles. The number of rotatable bonds is 7. The molecule has 0 aromatic heterocycles. The van der Waals surface area contributed by atoms with E-state index in [0.29, 0.717) is 0 Å². The summed E-state index contributed by atoms with van der Waals surface area (Å²) >= 11 is 3.46. The summed E-state index contributed by atoms with van der Waals surface area (Å²) in [5.74, 6) is 0. The van der Waals surface area contributed by atoms with Crippen LogP contribution in [0, 0.1) is 0 Å². The van der Waals surface area contributed by atoms with Crippen LogP contribution in [-0.4, -0.2) is 17.9 Å². The Balaban J connectivity index is 3.20. The Bertz CT molecular complexity index is 76.0. The summed E-state index contributed by atoms with van der Waals surface area (Å²) in [5, 5.41) is 4.66. The fourth-order valence-electron chi connectivity index (χ4n) is 1.07. The Kier molecular flexibility index (Phi) is 8.88. The average Bonchev–Trinajstić information content (AvgIpc) is 2.03. The molecule has 0 heterocycles. The van der Waals surface area contributed by atoms with Crippen LogP contribution in [0.1, 0.15) is 39.5 Å². The molecule has 1 unspecified atom stereocenters. The van der Waals surface area contributed by atoms with Crippen LogP contribution < -0.4 is 5.32 Å². The molecule has 0 aromatic carbocycles. The van der Waals surface area contributed by atoms with E-state index in [1.165, 1.54) is 32.2 Å². The number of hydrogen-bond donors (Lipinski definition) is 1. The van der Waals surface area contributed by atoms with Crippen molar-refractivity contribution in [1.29, 1.82) is 0 Å². The molecule has 0 aliphatic rings. The molecule has 0 rings (SSSR count). The van der Waals surface area contributed by atoms with E-state index >= 15 is 0 Å². The minimum atomic E-state index is 0.723. The maximum absolute atomic E-state index is 3.54. The zero-order valence-electron chi connectivity index (χ0n) is 7.70. The lowest BCUT2D eigenvalue weighted by molar-refractivity contribution is 0.481. The Labute approximate surface area is 79.1 Å². The fourth-order valence-corrected chi connectivity index (χ4v) is 1.62. The summed E-state index contributed by atoms with van der Waals surface area (Å²) in [4.78, 5) is 0. The Morgan fingerprint density at radius 3 is 2.55 bits per heavy atom. The highest BCUT2D eigenvalue weighted by atomic mass is 79.9. The van der Waals surface area contributed by atoms with Gasteiger partial charge in [-0.05, 0) is 25.8 Å². The first kappa shape index (κ1) is 11.4. The first-order valence-electron chi connectivity index (χ1n) is 4.64. The zero-order chi connectivity index (χ0) is 8.53. The summed E-state index contributed by atoms with van der Waals surface area (Å²) in [6.07, 6.45) is 5.09. The predicted octanol–water partition coefficient (Wildman–Crippen LogP) is 2.94. The van der Waals surface area contributed by atoms with Crippen molar-refractivity contribution in [2.45, 2.75) is 45.6 Å². The van der Waals surface area contributed by atoms with Crippen LogP contribution in [0.15, 0.2) is 0 Å². The Morgan fingerprint density at radius 1 is 1.36 bits per heavy atom. The third kappa shape index (κ3) is 6.82. The third-order valence-corrected chi connectivity index (χ3v) is 2.37. The van der Waals surface area contributed by atoms with Crippen molar-refractivity contribution in [3.8, 4) is 0 Å². The van der Waals surface area contributed by atoms with Gasteiger partial charge in [-0.3, -0.25) is 0 Å². The number of unbranched alkanes of at least 4 members (excludes halogenated alkanes) is 1. The van der Waals surface area contributed by atoms with E-state index in [1.807, 2.05) is 0 Å². The SMILES string of the molecule is CCCCNC(CC)CCBr. The molecule has 68 valence electrons. The van der Waals surface area contributed by atoms with Gasteiger partial charge in [-0.2, -0.15) is 0 Å². The van der Waals surface area contributed by atoms with Crippen molar-refractivity contribution in [3.05, 3.63) is 0 Å². The smallest absolute Gasteiger partial charge is 0.00723 e. The van der Waals surface area contributed by atoms with Crippen molar-refractivity contribution < 1.29 is 0 Å². The molecule has 0 spiro atoms. The standard InChI is InChI=1S/C9H20BrN/c1-3-5-8-11-9(4-2)6-7-10/h9,11H,3-8H2,1-2H3. The largest absolute Gasteiger partial charge is 0.314 e. The van der Waals surface area contributed by atoms with Gasteiger partial charge < -0.3 is 5.32 Å². The Morgan fingerprint density at radius 2 is 2.09 bits per heavy atom. The molecule has 0 radical (unpaired) electrons. The summed E-state index contributed by atoms with van der Waals surface area (Å²) < 4.78 is 0. The van der Waals surface area contributed by atoms with Gasteiger partial charge in [0, 0.05) is 11.4 Å². The molecule has 1 nitrogen and oxygen atoms in total. The van der Waals surface area contributed by atoms with Crippen molar-refractivity contribution >= 4 is 15.9 Å². The van der Waals surface area contributed by atoms with Gasteiger partial charge >= 0.3 is 0 Å². The highest BCUT2D eigenvalue weighted by Crippen LogP contribution is 2.00. The second-order valence-corrected chi connectivity index (χ2v) is 3.68. The summed E-state index contributed by atoms with van der Waals surface area (Å²) in [7, 11) is 0. The molecule has 0 amide bonds. The topological polar surface area (TPSA) is 12.0 Å². The fraction of sp³-hybridized carbons (Fsp3) is 1.00. The van der Waals surface area contributed by atoms with E-state index in [0.717, 1.165) is 11.4 Å². The van der Waals surface area contributed by atoms with E-state index in [4.69, 9.17) is 0 Å². The number of alkyl halides is 1. The second kappa shape index (κ2) is 8.54. The molecule has 0 bridgehead atoms. The van der Waals surface area contributed by atoms with Crippen LogP contribution in [-0.2, 0) is 0 Å². The van der Waals surface area contributed by atoms with Crippen LogP contribution >= 0.6 is 15.9 Å². The summed E-state index contributed by atoms with van der Waals surface area (Å²) in [5.41, 5.74) is 0. The first-order valence-corrected chi connectivity index (χ1v) is 5.76. The monoisotopic (exact) mass is 221 g/mol. The third-order valence-electron chi connectivity index (χ3n) is 1.91. The minimum absolute atomic E-state index is 0.723. The van der Waals surface area contributed by atoms with E-state index in [1.54, 1.807) is 0 Å². The molecule has 0 aromatic rings. The van der Waals surface area contributed by atoms with Crippen molar-refractivity contribution in [3.63, 3.8) is 0 Å². The van der Waals surface area contributed by atoms with Gasteiger partial charge in [-0.1, -0.05) is 36.2 Å². The van der Waals surface area contributed by atoms with E-state index in [-0.39, 0.29) is 0 Å². The van der Waals surface area contributed by atoms with Crippen molar-refractivity contribution in [2.24, 2.45) is 0 Å². The first-order chi connectivity index (χ1) is 5.35. The molecule has 11 heavy (non-hydrogen) atoms. The van der Waals surface area contributed by atoms with Gasteiger partial charge in [-0.15, -0.1) is 0 Å². The molecule has 1 atom stereocenters. The van der Waals surface area contributed by atoms with Crippen molar-refractivity contribution in [2.75, 3.05) is 11.9 Å². The van der Waals surface area contributed by atoms with Crippen LogP contribution in [0.5, 0.6) is 0 Å². The van der Waals surface area contributed by atoms with Gasteiger partial charge in [0.05, 0.1) is 0 Å². The number of hydrogen-bond acceptors (Lipinski definition) is 1. The van der Waals surface area contributed by atoms with Gasteiger partial charge in [-0.25, -0.2) is 0 Å². The van der Waals surface area contributed by atoms with E-state index in [2.05, 4.69) is 35.1 Å². The quantitative estimate of drug-likeness (QED) is 0.515. The lowest BCUT2D eigenvalue weighted by Gasteiger charge is -2.14. The number of nitrogens with one attached hydrogen (secondary N) is 1. The zero-order valence-corrected chi connectivity index (χ0v) is 9.28. The maximum atomic E-state index is 3.54. The average molecular weight is 222 g/mol. The van der Waals surface area contributed by atoms with E-state index in [9.17, 15) is 0 Å². The van der Waals surface area contributed by atoms with Gasteiger partial charge in [0.1, 0.15) is 0 Å². The van der Waals surface area contributed by atoms with Gasteiger partial charge in [0.2, 0.25) is 0 Å². The summed E-state index contributed by atoms with van der Waals surface area (Å²) in [6.45, 7) is 5.65. The van der Waals surface area contributed by atoms with Gasteiger partial charge in [0.25, 0.3) is 0 Å². The van der Waals surface area contributed by atoms with Crippen LogP contribution in [0.3, 0.4) is 0 Å². The molecule has 0 fully saturated rings. The van der Waals surface area contributed by atoms with Crippen LogP contribution in [0.25, 0.3) is 0 Å². The van der Waals surface area contributed by atoms with Gasteiger partial charge in [0.15, 0.2) is 0 Å². The molecule has 0 saturated carbocycles. The normalized spacial score (nSPS) is 13.4. The lowest BCUT2D eigenvalue weighted by atomic mass is 10.1. The maximum Gasteiger partial charge on any atom is 0.00723 e.